The molecule has 0 amide bonds. The maximum atomic E-state index is 5.20. The van der Waals surface area contributed by atoms with Crippen LogP contribution in [-0.4, -0.2) is 26.6 Å². The first-order chi connectivity index (χ1) is 14.1. The van der Waals surface area contributed by atoms with E-state index < -0.39 is 0 Å². The Morgan fingerprint density at radius 3 is 1.38 bits per heavy atom. The van der Waals surface area contributed by atoms with Gasteiger partial charge in [-0.1, -0.05) is 24.3 Å². The van der Waals surface area contributed by atoms with Gasteiger partial charge in [-0.05, 0) is 61.4 Å². The molecule has 29 heavy (non-hydrogen) atoms. The monoisotopic (exact) mass is 406 g/mol. The molecule has 2 aromatic carbocycles. The van der Waals surface area contributed by atoms with Crippen molar-refractivity contribution in [2.75, 3.05) is 14.2 Å². The third-order valence-electron chi connectivity index (χ3n) is 4.69. The molecule has 0 aliphatic carbocycles. The molecule has 0 radical (unpaired) electrons. The maximum Gasteiger partial charge on any atom is 0.118 e. The zero-order chi connectivity index (χ0) is 20.6. The van der Waals surface area contributed by atoms with Crippen LogP contribution in [0.4, 0.5) is 0 Å². The second-order valence-electron chi connectivity index (χ2n) is 6.69. The number of hydrogen-bond acceptors (Lipinski definition) is 5. The normalized spacial score (nSPS) is 13.7. The number of rotatable bonds is 8. The summed E-state index contributed by atoms with van der Waals surface area (Å²) >= 11 is 1.68. The molecule has 0 aliphatic heterocycles. The van der Waals surface area contributed by atoms with Crippen molar-refractivity contribution in [3.05, 3.63) is 81.5 Å². The Bertz CT molecular complexity index is 881. The number of ether oxygens (including phenoxy) is 2. The van der Waals surface area contributed by atoms with E-state index in [9.17, 15) is 0 Å². The first kappa shape index (κ1) is 20.8. The molecule has 0 saturated heterocycles. The van der Waals surface area contributed by atoms with Gasteiger partial charge in [0.2, 0.25) is 0 Å². The largest absolute Gasteiger partial charge is 0.497 e. The molecule has 0 saturated carbocycles. The van der Waals surface area contributed by atoms with Crippen LogP contribution in [0.15, 0.2) is 70.6 Å². The van der Waals surface area contributed by atoms with Gasteiger partial charge in [-0.3, -0.25) is 9.98 Å². The molecule has 1 aromatic heterocycles. The molecule has 4 nitrogen and oxygen atoms in total. The van der Waals surface area contributed by atoms with Crippen molar-refractivity contribution >= 4 is 23.8 Å². The molecular weight excluding hydrogens is 380 g/mol. The van der Waals surface area contributed by atoms with Crippen molar-refractivity contribution in [2.24, 2.45) is 9.98 Å². The number of hydrogen-bond donors (Lipinski definition) is 0. The molecule has 0 spiro atoms. The molecule has 3 rings (SSSR count). The van der Waals surface area contributed by atoms with Gasteiger partial charge in [0.15, 0.2) is 0 Å². The third kappa shape index (κ3) is 5.78. The van der Waals surface area contributed by atoms with E-state index in [0.29, 0.717) is 0 Å². The average Bonchev–Trinajstić information content (AvgIpc) is 3.23. The SMILES string of the molecule is COc1ccc([C@@H](C)N=Cc2ccc(C=N[C@H](C)c3ccc(OC)cc3)s2)cc1. The van der Waals surface area contributed by atoms with E-state index in [1.807, 2.05) is 61.0 Å². The fourth-order valence-electron chi connectivity index (χ4n) is 2.81. The van der Waals surface area contributed by atoms with Crippen LogP contribution in [0.5, 0.6) is 11.5 Å². The van der Waals surface area contributed by atoms with E-state index in [0.717, 1.165) is 32.4 Å². The summed E-state index contributed by atoms with van der Waals surface area (Å²) in [6.45, 7) is 4.18. The quantitative estimate of drug-likeness (QED) is 0.423. The van der Waals surface area contributed by atoms with Crippen molar-refractivity contribution in [2.45, 2.75) is 25.9 Å². The molecule has 0 bridgehead atoms. The lowest BCUT2D eigenvalue weighted by Gasteiger charge is -2.07. The molecule has 5 heteroatoms. The van der Waals surface area contributed by atoms with Crippen molar-refractivity contribution in [3.63, 3.8) is 0 Å². The summed E-state index contributed by atoms with van der Waals surface area (Å²) in [5.74, 6) is 1.71. The highest BCUT2D eigenvalue weighted by Crippen LogP contribution is 2.22. The van der Waals surface area contributed by atoms with Gasteiger partial charge in [0.05, 0.1) is 26.3 Å². The van der Waals surface area contributed by atoms with Crippen molar-refractivity contribution in [1.29, 1.82) is 0 Å². The van der Waals surface area contributed by atoms with Crippen molar-refractivity contribution < 1.29 is 9.47 Å². The molecular formula is C24H26N2O2S. The van der Waals surface area contributed by atoms with Crippen LogP contribution < -0.4 is 9.47 Å². The smallest absolute Gasteiger partial charge is 0.118 e. The first-order valence-electron chi connectivity index (χ1n) is 9.53. The lowest BCUT2D eigenvalue weighted by atomic mass is 10.1. The average molecular weight is 407 g/mol. The van der Waals surface area contributed by atoms with Crippen LogP contribution in [-0.2, 0) is 0 Å². The Labute approximate surface area is 176 Å². The van der Waals surface area contributed by atoms with E-state index in [1.165, 1.54) is 0 Å². The van der Waals surface area contributed by atoms with Crippen molar-refractivity contribution in [3.8, 4) is 11.5 Å². The van der Waals surface area contributed by atoms with Gasteiger partial charge in [-0.15, -0.1) is 11.3 Å². The molecule has 0 N–H and O–H groups in total. The van der Waals surface area contributed by atoms with Gasteiger partial charge < -0.3 is 9.47 Å². The third-order valence-corrected chi connectivity index (χ3v) is 5.65. The number of benzene rings is 2. The zero-order valence-corrected chi connectivity index (χ0v) is 18.0. The summed E-state index contributed by atoms with van der Waals surface area (Å²) in [7, 11) is 3.35. The Hall–Kier alpha value is -2.92. The van der Waals surface area contributed by atoms with Crippen LogP contribution in [0.3, 0.4) is 0 Å². The van der Waals surface area contributed by atoms with Crippen molar-refractivity contribution in [1.82, 2.24) is 0 Å². The summed E-state index contributed by atoms with van der Waals surface area (Å²) in [5.41, 5.74) is 2.32. The summed E-state index contributed by atoms with van der Waals surface area (Å²) in [4.78, 5) is 11.6. The highest BCUT2D eigenvalue weighted by Gasteiger charge is 2.05. The highest BCUT2D eigenvalue weighted by atomic mass is 32.1. The second kappa shape index (κ2) is 10.0. The lowest BCUT2D eigenvalue weighted by Crippen LogP contribution is -1.91. The molecule has 2 atom stereocenters. The lowest BCUT2D eigenvalue weighted by molar-refractivity contribution is 0.414. The Kier molecular flexibility index (Phi) is 7.19. The van der Waals surface area contributed by atoms with Gasteiger partial charge in [0.25, 0.3) is 0 Å². The van der Waals surface area contributed by atoms with Crippen LogP contribution in [0.25, 0.3) is 0 Å². The minimum absolute atomic E-state index is 0.0928. The topological polar surface area (TPSA) is 43.2 Å². The molecule has 1 heterocycles. The first-order valence-corrected chi connectivity index (χ1v) is 10.3. The van der Waals surface area contributed by atoms with Crippen LogP contribution in [0.1, 0.15) is 46.8 Å². The van der Waals surface area contributed by atoms with Crippen LogP contribution in [0, 0.1) is 0 Å². The molecule has 150 valence electrons. The molecule has 3 aromatic rings. The van der Waals surface area contributed by atoms with E-state index in [2.05, 4.69) is 36.0 Å². The van der Waals surface area contributed by atoms with E-state index in [4.69, 9.17) is 9.47 Å². The Morgan fingerprint density at radius 1 is 0.655 bits per heavy atom. The summed E-state index contributed by atoms with van der Waals surface area (Å²) in [6, 6.07) is 20.4. The minimum atomic E-state index is 0.0928. The predicted molar refractivity (Wildman–Crippen MR) is 122 cm³/mol. The van der Waals surface area contributed by atoms with E-state index in [-0.39, 0.29) is 12.1 Å². The number of nitrogens with zero attached hydrogens (tertiary/aromatic N) is 2. The number of aliphatic imine (C=N–C) groups is 2. The maximum absolute atomic E-state index is 5.20. The van der Waals surface area contributed by atoms with Gasteiger partial charge in [0.1, 0.15) is 11.5 Å². The summed E-state index contributed by atoms with van der Waals surface area (Å²) in [6.07, 6.45) is 3.87. The predicted octanol–water partition coefficient (Wildman–Crippen LogP) is 6.13. The van der Waals surface area contributed by atoms with Crippen LogP contribution >= 0.6 is 11.3 Å². The summed E-state index contributed by atoms with van der Waals surface area (Å²) in [5, 5.41) is 0. The second-order valence-corrected chi connectivity index (χ2v) is 7.84. The van der Waals surface area contributed by atoms with Gasteiger partial charge >= 0.3 is 0 Å². The molecule has 0 aliphatic rings. The zero-order valence-electron chi connectivity index (χ0n) is 17.2. The standard InChI is InChI=1S/C24H26N2O2S/c1-17(19-5-9-21(27-3)10-6-19)25-15-23-13-14-24(29-23)16-26-18(2)20-7-11-22(28-4)12-8-20/h5-18H,1-4H3/t17-,18-/m1/s1. The Morgan fingerprint density at radius 2 is 1.03 bits per heavy atom. The fourth-order valence-corrected chi connectivity index (χ4v) is 3.59. The van der Waals surface area contributed by atoms with Gasteiger partial charge in [-0.2, -0.15) is 0 Å². The minimum Gasteiger partial charge on any atom is -0.497 e. The number of thiophene rings is 1. The van der Waals surface area contributed by atoms with E-state index >= 15 is 0 Å². The molecule has 0 fully saturated rings. The number of methoxy groups -OCH3 is 2. The molecule has 0 unspecified atom stereocenters. The van der Waals surface area contributed by atoms with Gasteiger partial charge in [-0.25, -0.2) is 0 Å². The Balaban J connectivity index is 1.60. The summed E-state index contributed by atoms with van der Waals surface area (Å²) < 4.78 is 10.4. The highest BCUT2D eigenvalue weighted by molar-refractivity contribution is 7.15. The van der Waals surface area contributed by atoms with Crippen LogP contribution in [0.2, 0.25) is 0 Å². The fraction of sp³-hybridized carbons (Fsp3) is 0.250. The van der Waals surface area contributed by atoms with E-state index in [1.54, 1.807) is 25.6 Å². The van der Waals surface area contributed by atoms with Gasteiger partial charge in [0, 0.05) is 22.2 Å².